The molecule has 0 saturated heterocycles. The van der Waals surface area contributed by atoms with Crippen molar-refractivity contribution in [3.8, 4) is 0 Å². The molecule has 2 rings (SSSR count). The molecule has 2 aromatic rings. The number of aromatic nitrogens is 2. The molecular weight excluding hydrogens is 304 g/mol. The van der Waals surface area contributed by atoms with Crippen LogP contribution in [-0.4, -0.2) is 15.7 Å². The van der Waals surface area contributed by atoms with Gasteiger partial charge in [0.05, 0.1) is 5.69 Å². The highest BCUT2D eigenvalue weighted by atomic mass is 79.9. The molecule has 0 aliphatic rings. The molecule has 1 heterocycles. The van der Waals surface area contributed by atoms with E-state index in [2.05, 4.69) is 28.0 Å². The number of halogens is 1. The number of hydrogen-bond donors (Lipinski definition) is 0. The first-order valence-electron chi connectivity index (χ1n) is 6.40. The Hall–Kier alpha value is -1.42. The molecule has 0 spiro atoms. The van der Waals surface area contributed by atoms with Gasteiger partial charge in [0, 0.05) is 15.7 Å². The van der Waals surface area contributed by atoms with Crippen molar-refractivity contribution in [3.05, 3.63) is 51.3 Å². The maximum absolute atomic E-state index is 12.5. The molecule has 1 aromatic heterocycles. The van der Waals surface area contributed by atoms with Gasteiger partial charge in [-0.2, -0.15) is 5.10 Å². The summed E-state index contributed by atoms with van der Waals surface area (Å²) in [4.78, 5) is 12.5. The summed E-state index contributed by atoms with van der Waals surface area (Å²) < 4.78 is 2.41. The summed E-state index contributed by atoms with van der Waals surface area (Å²) >= 11 is 3.38. The molecular formula is C15H17BrN2O. The van der Waals surface area contributed by atoms with E-state index in [4.69, 9.17) is 0 Å². The van der Waals surface area contributed by atoms with Gasteiger partial charge in [0.25, 0.3) is 5.91 Å². The monoisotopic (exact) mass is 320 g/mol. The lowest BCUT2D eigenvalue weighted by Crippen LogP contribution is -2.15. The molecule has 0 amide bonds. The second-order valence-corrected chi connectivity index (χ2v) is 5.54. The lowest BCUT2D eigenvalue weighted by molar-refractivity contribution is 0.0942. The Kier molecular flexibility index (Phi) is 4.20. The van der Waals surface area contributed by atoms with E-state index >= 15 is 0 Å². The van der Waals surface area contributed by atoms with E-state index in [9.17, 15) is 4.79 Å². The highest BCUT2D eigenvalue weighted by molar-refractivity contribution is 9.10. The second-order valence-electron chi connectivity index (χ2n) is 4.63. The minimum Gasteiger partial charge on any atom is -0.267 e. The molecule has 0 unspecified atom stereocenters. The molecule has 3 nitrogen and oxygen atoms in total. The van der Waals surface area contributed by atoms with E-state index in [0.717, 1.165) is 28.7 Å². The smallest absolute Gasteiger partial charge is 0.267 e. The van der Waals surface area contributed by atoms with Crippen molar-refractivity contribution >= 4 is 21.8 Å². The number of hydrogen-bond acceptors (Lipinski definition) is 2. The van der Waals surface area contributed by atoms with Crippen molar-refractivity contribution < 1.29 is 4.79 Å². The summed E-state index contributed by atoms with van der Waals surface area (Å²) in [6, 6.07) is 7.39. The van der Waals surface area contributed by atoms with Crippen molar-refractivity contribution in [1.29, 1.82) is 0 Å². The molecule has 1 aromatic carbocycles. The van der Waals surface area contributed by atoms with Crippen LogP contribution in [0.2, 0.25) is 0 Å². The van der Waals surface area contributed by atoms with Crippen molar-refractivity contribution in [2.45, 2.75) is 33.6 Å². The zero-order chi connectivity index (χ0) is 14.0. The molecule has 0 radical (unpaired) electrons. The van der Waals surface area contributed by atoms with Crippen molar-refractivity contribution in [3.63, 3.8) is 0 Å². The number of nitrogens with zero attached hydrogens (tertiary/aromatic N) is 2. The minimum absolute atomic E-state index is 0.0794. The van der Waals surface area contributed by atoms with Crippen LogP contribution in [0, 0.1) is 13.8 Å². The zero-order valence-electron chi connectivity index (χ0n) is 11.4. The standard InChI is InChI=1S/C15H17BrN2O/c1-4-6-14-10(2)17-18(11(14)3)15(19)12-7-5-8-13(16)9-12/h5,7-9H,4,6H2,1-3H3. The fourth-order valence-corrected chi connectivity index (χ4v) is 2.63. The van der Waals surface area contributed by atoms with Gasteiger partial charge in [0.15, 0.2) is 0 Å². The summed E-state index contributed by atoms with van der Waals surface area (Å²) in [6.45, 7) is 6.05. The molecule has 0 saturated carbocycles. The summed E-state index contributed by atoms with van der Waals surface area (Å²) in [5, 5.41) is 4.39. The Bertz CT molecular complexity index is 617. The van der Waals surface area contributed by atoms with Crippen LogP contribution < -0.4 is 0 Å². The number of carbonyl (C=O) groups excluding carboxylic acids is 1. The van der Waals surface area contributed by atoms with Crippen LogP contribution in [-0.2, 0) is 6.42 Å². The predicted octanol–water partition coefficient (Wildman–Crippen LogP) is 3.90. The zero-order valence-corrected chi connectivity index (χ0v) is 13.0. The van der Waals surface area contributed by atoms with Crippen molar-refractivity contribution in [2.24, 2.45) is 0 Å². The molecule has 0 aliphatic carbocycles. The number of benzene rings is 1. The molecule has 0 bridgehead atoms. The van der Waals surface area contributed by atoms with E-state index in [1.165, 1.54) is 10.2 Å². The molecule has 0 aliphatic heterocycles. The SMILES string of the molecule is CCCc1c(C)nn(C(=O)c2cccc(Br)c2)c1C. The van der Waals surface area contributed by atoms with Crippen molar-refractivity contribution in [1.82, 2.24) is 9.78 Å². The van der Waals surface area contributed by atoms with Gasteiger partial charge in [0.1, 0.15) is 0 Å². The number of rotatable bonds is 3. The lowest BCUT2D eigenvalue weighted by atomic mass is 10.1. The third-order valence-corrected chi connectivity index (χ3v) is 3.70. The first-order valence-corrected chi connectivity index (χ1v) is 7.19. The largest absolute Gasteiger partial charge is 0.278 e. The van der Waals surface area contributed by atoms with Gasteiger partial charge in [-0.3, -0.25) is 4.79 Å². The first kappa shape index (κ1) is 14.0. The van der Waals surface area contributed by atoms with E-state index in [-0.39, 0.29) is 5.91 Å². The van der Waals surface area contributed by atoms with Gasteiger partial charge in [-0.05, 0) is 44.0 Å². The van der Waals surface area contributed by atoms with Crippen LogP contribution in [0.4, 0.5) is 0 Å². The van der Waals surface area contributed by atoms with Crippen LogP contribution in [0.15, 0.2) is 28.7 Å². The van der Waals surface area contributed by atoms with Gasteiger partial charge in [-0.15, -0.1) is 0 Å². The second kappa shape index (κ2) is 5.70. The van der Waals surface area contributed by atoms with Gasteiger partial charge in [0.2, 0.25) is 0 Å². The van der Waals surface area contributed by atoms with Crippen LogP contribution >= 0.6 is 15.9 Å². The molecule has 4 heteroatoms. The van der Waals surface area contributed by atoms with Crippen molar-refractivity contribution in [2.75, 3.05) is 0 Å². The van der Waals surface area contributed by atoms with Gasteiger partial charge >= 0.3 is 0 Å². The van der Waals surface area contributed by atoms with E-state index in [1.807, 2.05) is 38.1 Å². The molecule has 100 valence electrons. The minimum atomic E-state index is -0.0794. The fraction of sp³-hybridized carbons (Fsp3) is 0.333. The average molecular weight is 321 g/mol. The number of carbonyl (C=O) groups is 1. The quantitative estimate of drug-likeness (QED) is 0.859. The summed E-state index contributed by atoms with van der Waals surface area (Å²) in [7, 11) is 0. The highest BCUT2D eigenvalue weighted by Crippen LogP contribution is 2.18. The van der Waals surface area contributed by atoms with Gasteiger partial charge < -0.3 is 0 Å². The highest BCUT2D eigenvalue weighted by Gasteiger charge is 2.17. The molecule has 19 heavy (non-hydrogen) atoms. The van der Waals surface area contributed by atoms with Gasteiger partial charge in [-0.25, -0.2) is 4.68 Å². The topological polar surface area (TPSA) is 34.9 Å². The van der Waals surface area contributed by atoms with E-state index in [1.54, 1.807) is 0 Å². The van der Waals surface area contributed by atoms with Gasteiger partial charge in [-0.1, -0.05) is 35.3 Å². The Morgan fingerprint density at radius 2 is 2.11 bits per heavy atom. The Morgan fingerprint density at radius 3 is 2.74 bits per heavy atom. The molecule has 0 atom stereocenters. The third-order valence-electron chi connectivity index (χ3n) is 3.21. The Morgan fingerprint density at radius 1 is 1.37 bits per heavy atom. The number of aryl methyl sites for hydroxylation is 1. The Labute approximate surface area is 121 Å². The first-order chi connectivity index (χ1) is 9.04. The van der Waals surface area contributed by atoms with Crippen LogP contribution in [0.25, 0.3) is 0 Å². The van der Waals surface area contributed by atoms with Crippen LogP contribution in [0.1, 0.15) is 40.7 Å². The summed E-state index contributed by atoms with van der Waals surface area (Å²) in [6.07, 6.45) is 2.02. The summed E-state index contributed by atoms with van der Waals surface area (Å²) in [5.41, 5.74) is 3.72. The molecule has 0 fully saturated rings. The van der Waals surface area contributed by atoms with E-state index in [0.29, 0.717) is 5.56 Å². The maximum atomic E-state index is 12.5. The average Bonchev–Trinajstić information content (AvgIpc) is 2.66. The molecule has 0 N–H and O–H groups in total. The normalized spacial score (nSPS) is 10.7. The predicted molar refractivity (Wildman–Crippen MR) is 79.6 cm³/mol. The van der Waals surface area contributed by atoms with Crippen LogP contribution in [0.3, 0.4) is 0 Å². The Balaban J connectivity index is 2.42. The maximum Gasteiger partial charge on any atom is 0.278 e. The fourth-order valence-electron chi connectivity index (χ4n) is 2.23. The third kappa shape index (κ3) is 2.78. The van der Waals surface area contributed by atoms with E-state index < -0.39 is 0 Å². The lowest BCUT2D eigenvalue weighted by Gasteiger charge is -2.04. The summed E-state index contributed by atoms with van der Waals surface area (Å²) in [5.74, 6) is -0.0794. The van der Waals surface area contributed by atoms with Crippen LogP contribution in [0.5, 0.6) is 0 Å².